The molecule has 0 aliphatic carbocycles. The molecule has 0 saturated carbocycles. The Labute approximate surface area is 248 Å². The van der Waals surface area contributed by atoms with Crippen LogP contribution in [-0.2, 0) is 32.7 Å². The zero-order valence-corrected chi connectivity index (χ0v) is 26.5. The maximum Gasteiger partial charge on any atom is 0.472 e. The van der Waals surface area contributed by atoms with Crippen LogP contribution in [0.15, 0.2) is 12.2 Å². The van der Waals surface area contributed by atoms with E-state index in [0.29, 0.717) is 13.0 Å². The number of carboxylic acids is 1. The van der Waals surface area contributed by atoms with Crippen molar-refractivity contribution in [2.24, 2.45) is 5.73 Å². The number of phosphoric acid groups is 1. The monoisotopic (exact) mass is 607 g/mol. The summed E-state index contributed by atoms with van der Waals surface area (Å²) >= 11 is 0. The predicted octanol–water partition coefficient (Wildman–Crippen LogP) is 7.08. The summed E-state index contributed by atoms with van der Waals surface area (Å²) in [4.78, 5) is 33.1. The summed E-state index contributed by atoms with van der Waals surface area (Å²) in [6.07, 6.45) is 22.8. The van der Waals surface area contributed by atoms with Crippen LogP contribution in [0.4, 0.5) is 0 Å². The van der Waals surface area contributed by atoms with Gasteiger partial charge in [0, 0.05) is 13.0 Å². The molecule has 0 amide bonds. The third-order valence-electron chi connectivity index (χ3n) is 6.53. The molecule has 0 saturated heterocycles. The topological polar surface area (TPSA) is 155 Å². The molecule has 0 bridgehead atoms. The van der Waals surface area contributed by atoms with Crippen molar-refractivity contribution in [3.63, 3.8) is 0 Å². The molecule has 4 N–H and O–H groups in total. The quantitative estimate of drug-likeness (QED) is 0.0334. The Morgan fingerprint density at radius 1 is 0.756 bits per heavy atom. The van der Waals surface area contributed by atoms with Crippen molar-refractivity contribution in [1.82, 2.24) is 0 Å². The van der Waals surface area contributed by atoms with E-state index in [1.54, 1.807) is 0 Å². The Bertz CT molecular complexity index is 720. The van der Waals surface area contributed by atoms with Gasteiger partial charge in [-0.2, -0.15) is 0 Å². The van der Waals surface area contributed by atoms with Crippen LogP contribution in [0, 0.1) is 0 Å². The first-order chi connectivity index (χ1) is 19.7. The van der Waals surface area contributed by atoms with E-state index >= 15 is 0 Å². The standard InChI is InChI=1S/C30H58NO9P/c1-3-5-7-9-11-13-14-16-18-20-22-29(32)40-27(25-38-41(35,36)39-26-28(31)30(33)34)24-37-23-21-19-17-15-12-10-8-6-4-2/h7,9,27-28H,3-6,8,10-26,31H2,1-2H3,(H,33,34)(H,35,36)/b9-7-. The zero-order chi connectivity index (χ0) is 30.6. The molecule has 0 radical (unpaired) electrons. The minimum Gasteiger partial charge on any atom is -0.480 e. The first kappa shape index (κ1) is 39.7. The van der Waals surface area contributed by atoms with E-state index in [4.69, 9.17) is 24.8 Å². The van der Waals surface area contributed by atoms with E-state index < -0.39 is 45.1 Å². The lowest BCUT2D eigenvalue weighted by molar-refractivity contribution is -0.154. The lowest BCUT2D eigenvalue weighted by atomic mass is 10.1. The zero-order valence-electron chi connectivity index (χ0n) is 25.6. The minimum atomic E-state index is -4.59. The second kappa shape index (κ2) is 27.5. The van der Waals surface area contributed by atoms with Crippen molar-refractivity contribution < 1.29 is 42.7 Å². The van der Waals surface area contributed by atoms with Crippen LogP contribution in [0.2, 0.25) is 0 Å². The molecule has 242 valence electrons. The molecule has 0 aliphatic rings. The fourth-order valence-electron chi connectivity index (χ4n) is 4.02. The van der Waals surface area contributed by atoms with E-state index in [9.17, 15) is 19.0 Å². The van der Waals surface area contributed by atoms with Gasteiger partial charge in [-0.25, -0.2) is 4.57 Å². The van der Waals surface area contributed by atoms with Gasteiger partial charge in [-0.1, -0.05) is 103 Å². The molecule has 0 aromatic rings. The number of phosphoric ester groups is 1. The summed E-state index contributed by atoms with van der Waals surface area (Å²) in [7, 11) is -4.59. The first-order valence-corrected chi connectivity index (χ1v) is 17.2. The van der Waals surface area contributed by atoms with Crippen LogP contribution < -0.4 is 5.73 Å². The Morgan fingerprint density at radius 2 is 1.32 bits per heavy atom. The number of unbranched alkanes of at least 4 members (excludes halogenated alkanes) is 14. The van der Waals surface area contributed by atoms with Gasteiger partial charge in [-0.15, -0.1) is 0 Å². The van der Waals surface area contributed by atoms with E-state index in [1.807, 2.05) is 0 Å². The van der Waals surface area contributed by atoms with Crippen molar-refractivity contribution in [3.8, 4) is 0 Å². The molecule has 0 spiro atoms. The van der Waals surface area contributed by atoms with Gasteiger partial charge in [-0.3, -0.25) is 18.6 Å². The highest BCUT2D eigenvalue weighted by Crippen LogP contribution is 2.43. The highest BCUT2D eigenvalue weighted by Gasteiger charge is 2.27. The molecule has 0 aromatic carbocycles. The fraction of sp³-hybridized carbons (Fsp3) is 0.867. The first-order valence-electron chi connectivity index (χ1n) is 15.7. The average molecular weight is 608 g/mol. The van der Waals surface area contributed by atoms with Crippen molar-refractivity contribution in [1.29, 1.82) is 0 Å². The van der Waals surface area contributed by atoms with Gasteiger partial charge in [0.1, 0.15) is 12.1 Å². The van der Waals surface area contributed by atoms with E-state index in [2.05, 4.69) is 30.5 Å². The molecule has 0 rings (SSSR count). The molecule has 0 heterocycles. The molecular formula is C30H58NO9P. The summed E-state index contributed by atoms with van der Waals surface area (Å²) < 4.78 is 32.9. The number of hydrogen-bond donors (Lipinski definition) is 3. The van der Waals surface area contributed by atoms with Gasteiger partial charge < -0.3 is 25.2 Å². The lowest BCUT2D eigenvalue weighted by Crippen LogP contribution is -2.34. The number of ether oxygens (including phenoxy) is 2. The SMILES string of the molecule is CCC/C=C\CCCCCCCC(=O)OC(COCCCCCCCCCCC)COP(=O)(O)OCC(N)C(=O)O. The summed E-state index contributed by atoms with van der Waals surface area (Å²) in [5, 5.41) is 8.81. The number of allylic oxidation sites excluding steroid dienone is 2. The summed E-state index contributed by atoms with van der Waals surface area (Å²) in [6.45, 7) is 3.75. The Kier molecular flexibility index (Phi) is 26.7. The summed E-state index contributed by atoms with van der Waals surface area (Å²) in [5.41, 5.74) is 5.30. The predicted molar refractivity (Wildman–Crippen MR) is 162 cm³/mol. The molecule has 0 fully saturated rings. The van der Waals surface area contributed by atoms with Gasteiger partial charge in [-0.05, 0) is 32.1 Å². The van der Waals surface area contributed by atoms with Crippen LogP contribution in [-0.4, -0.2) is 60.5 Å². The lowest BCUT2D eigenvalue weighted by Gasteiger charge is -2.20. The third-order valence-corrected chi connectivity index (χ3v) is 7.48. The van der Waals surface area contributed by atoms with Crippen LogP contribution in [0.5, 0.6) is 0 Å². The number of aliphatic carboxylic acids is 1. The second-order valence-electron chi connectivity index (χ2n) is 10.6. The number of hydrogen-bond acceptors (Lipinski definition) is 8. The number of nitrogens with two attached hydrogens (primary N) is 1. The number of carbonyl (C=O) groups excluding carboxylic acids is 1. The van der Waals surface area contributed by atoms with Crippen LogP contribution in [0.3, 0.4) is 0 Å². The fourth-order valence-corrected chi connectivity index (χ4v) is 4.79. The number of esters is 1. The van der Waals surface area contributed by atoms with Crippen molar-refractivity contribution >= 4 is 19.8 Å². The maximum absolute atomic E-state index is 12.4. The summed E-state index contributed by atoms with van der Waals surface area (Å²) in [5.74, 6) is -1.79. The second-order valence-corrected chi connectivity index (χ2v) is 12.0. The molecule has 0 aromatic heterocycles. The van der Waals surface area contributed by atoms with E-state index in [-0.39, 0.29) is 13.0 Å². The highest BCUT2D eigenvalue weighted by atomic mass is 31.2. The Balaban J connectivity index is 4.41. The van der Waals surface area contributed by atoms with Crippen molar-refractivity contribution in [2.75, 3.05) is 26.4 Å². The molecule has 10 nitrogen and oxygen atoms in total. The van der Waals surface area contributed by atoms with Gasteiger partial charge in [0.2, 0.25) is 0 Å². The number of carboxylic acid groups (broad SMARTS) is 1. The van der Waals surface area contributed by atoms with Gasteiger partial charge in [0.05, 0.1) is 19.8 Å². The minimum absolute atomic E-state index is 0.0168. The molecule has 0 aliphatic heterocycles. The highest BCUT2D eigenvalue weighted by molar-refractivity contribution is 7.47. The van der Waals surface area contributed by atoms with E-state index in [1.165, 1.54) is 44.9 Å². The van der Waals surface area contributed by atoms with E-state index in [0.717, 1.165) is 57.8 Å². The molecular weight excluding hydrogens is 549 g/mol. The molecule has 41 heavy (non-hydrogen) atoms. The van der Waals surface area contributed by atoms with Gasteiger partial charge in [0.15, 0.2) is 0 Å². The Hall–Kier alpha value is -1.29. The van der Waals surface area contributed by atoms with Crippen molar-refractivity contribution in [3.05, 3.63) is 12.2 Å². The largest absolute Gasteiger partial charge is 0.480 e. The van der Waals surface area contributed by atoms with Crippen molar-refractivity contribution in [2.45, 2.75) is 142 Å². The van der Waals surface area contributed by atoms with Crippen LogP contribution in [0.1, 0.15) is 129 Å². The third kappa shape index (κ3) is 27.3. The molecule has 3 atom stereocenters. The van der Waals surface area contributed by atoms with Crippen LogP contribution in [0.25, 0.3) is 0 Å². The average Bonchev–Trinajstić information content (AvgIpc) is 2.94. The van der Waals surface area contributed by atoms with Gasteiger partial charge >= 0.3 is 19.8 Å². The number of carbonyl (C=O) groups is 2. The molecule has 11 heteroatoms. The maximum atomic E-state index is 12.4. The number of rotatable bonds is 30. The van der Waals surface area contributed by atoms with Crippen LogP contribution >= 0.6 is 7.82 Å². The molecule has 3 unspecified atom stereocenters. The smallest absolute Gasteiger partial charge is 0.472 e. The Morgan fingerprint density at radius 3 is 1.95 bits per heavy atom. The summed E-state index contributed by atoms with van der Waals surface area (Å²) in [6, 6.07) is -1.47. The normalized spacial score (nSPS) is 14.6. The van der Waals surface area contributed by atoms with Gasteiger partial charge in [0.25, 0.3) is 0 Å².